The molecule has 6 heteroatoms. The molecule has 2 aliphatic rings. The molecule has 1 N–H and O–H groups in total. The lowest BCUT2D eigenvalue weighted by Gasteiger charge is -2.33. The predicted octanol–water partition coefficient (Wildman–Crippen LogP) is 4.52. The van der Waals surface area contributed by atoms with Crippen LogP contribution < -0.4 is 15.0 Å². The summed E-state index contributed by atoms with van der Waals surface area (Å²) in [4.78, 5) is 11.0. The number of nitrogens with one attached hydrogen (secondary N) is 1. The maximum Gasteiger partial charge on any atom is 0.161 e. The van der Waals surface area contributed by atoms with Gasteiger partial charge in [0.15, 0.2) is 11.0 Å². The van der Waals surface area contributed by atoms with Crippen molar-refractivity contribution in [2.75, 3.05) is 23.9 Å². The molecule has 2 aromatic carbocycles. The monoisotopic (exact) mass is 378 g/mol. The van der Waals surface area contributed by atoms with E-state index in [0.29, 0.717) is 5.15 Å². The van der Waals surface area contributed by atoms with E-state index in [1.54, 1.807) is 7.11 Å². The molecule has 5 nitrogen and oxygen atoms in total. The predicted molar refractivity (Wildman–Crippen MR) is 107 cm³/mol. The van der Waals surface area contributed by atoms with Crippen molar-refractivity contribution in [2.45, 2.75) is 18.9 Å². The molecule has 0 amide bonds. The highest BCUT2D eigenvalue weighted by Gasteiger charge is 2.41. The van der Waals surface area contributed by atoms with Gasteiger partial charge in [-0.3, -0.25) is 0 Å². The number of para-hydroxylation sites is 1. The van der Waals surface area contributed by atoms with E-state index in [4.69, 9.17) is 16.3 Å². The second-order valence-corrected chi connectivity index (χ2v) is 7.41. The van der Waals surface area contributed by atoms with Gasteiger partial charge in [-0.1, -0.05) is 41.9 Å². The van der Waals surface area contributed by atoms with Gasteiger partial charge in [-0.15, -0.1) is 0 Å². The van der Waals surface area contributed by atoms with Crippen molar-refractivity contribution in [3.05, 3.63) is 70.6 Å². The van der Waals surface area contributed by atoms with Gasteiger partial charge in [0.1, 0.15) is 17.8 Å². The molecule has 0 saturated heterocycles. The number of benzene rings is 2. The van der Waals surface area contributed by atoms with Crippen LogP contribution in [-0.4, -0.2) is 23.6 Å². The lowest BCUT2D eigenvalue weighted by Crippen LogP contribution is -2.33. The molecule has 5 rings (SSSR count). The first-order valence-corrected chi connectivity index (χ1v) is 9.33. The lowest BCUT2D eigenvalue weighted by molar-refractivity contribution is 0.414. The summed E-state index contributed by atoms with van der Waals surface area (Å²) in [5.41, 5.74) is 5.16. The van der Waals surface area contributed by atoms with Gasteiger partial charge >= 0.3 is 0 Å². The van der Waals surface area contributed by atoms with Crippen molar-refractivity contribution < 1.29 is 4.74 Å². The topological polar surface area (TPSA) is 50.3 Å². The molecule has 0 aliphatic carbocycles. The van der Waals surface area contributed by atoms with Gasteiger partial charge in [0.25, 0.3) is 0 Å². The molecule has 0 radical (unpaired) electrons. The Kier molecular flexibility index (Phi) is 3.56. The Bertz CT molecular complexity index is 1040. The smallest absolute Gasteiger partial charge is 0.161 e. The first-order chi connectivity index (χ1) is 13.1. The van der Waals surface area contributed by atoms with E-state index in [1.807, 2.05) is 12.1 Å². The number of anilines is 3. The van der Waals surface area contributed by atoms with Crippen LogP contribution in [0, 0.1) is 0 Å². The van der Waals surface area contributed by atoms with E-state index in [1.165, 1.54) is 23.1 Å². The number of nitrogens with zero attached hydrogens (tertiary/aromatic N) is 3. The summed E-state index contributed by atoms with van der Waals surface area (Å²) in [6.45, 7) is 3.06. The zero-order chi connectivity index (χ0) is 18.6. The van der Waals surface area contributed by atoms with Crippen LogP contribution in [0.15, 0.2) is 48.8 Å². The average Bonchev–Trinajstić information content (AvgIpc) is 3.08. The minimum absolute atomic E-state index is 0.431. The third-order valence-corrected chi connectivity index (χ3v) is 5.90. The number of hydrogen-bond acceptors (Lipinski definition) is 5. The Labute approximate surface area is 163 Å². The summed E-state index contributed by atoms with van der Waals surface area (Å²) in [6.07, 6.45) is 2.52. The van der Waals surface area contributed by atoms with Crippen molar-refractivity contribution in [1.29, 1.82) is 0 Å². The molecule has 0 bridgehead atoms. The van der Waals surface area contributed by atoms with Gasteiger partial charge in [0.2, 0.25) is 0 Å². The first-order valence-electron chi connectivity index (χ1n) is 8.95. The third-order valence-electron chi connectivity index (χ3n) is 5.61. The number of methoxy groups -OCH3 is 1. The highest BCUT2D eigenvalue weighted by atomic mass is 35.5. The highest BCUT2D eigenvalue weighted by Crippen LogP contribution is 2.50. The Morgan fingerprint density at radius 3 is 2.74 bits per heavy atom. The molecule has 1 atom stereocenters. The second-order valence-electron chi connectivity index (χ2n) is 7.06. The Morgan fingerprint density at radius 2 is 1.96 bits per heavy atom. The van der Waals surface area contributed by atoms with Crippen molar-refractivity contribution in [3.8, 4) is 5.75 Å². The SMILES string of the molecule is COc1ccc(C2(C)Nc3c(Cl)ncnc3N3CCc4cccc2c43)cc1. The zero-order valence-electron chi connectivity index (χ0n) is 15.2. The Morgan fingerprint density at radius 1 is 1.15 bits per heavy atom. The van der Waals surface area contributed by atoms with Crippen LogP contribution in [0.3, 0.4) is 0 Å². The fourth-order valence-corrected chi connectivity index (χ4v) is 4.38. The molecular formula is C21H19ClN4O. The lowest BCUT2D eigenvalue weighted by atomic mass is 9.82. The fraction of sp³-hybridized carbons (Fsp3) is 0.238. The number of halogens is 1. The molecular weight excluding hydrogens is 360 g/mol. The van der Waals surface area contributed by atoms with Crippen LogP contribution in [0.4, 0.5) is 17.2 Å². The molecule has 136 valence electrons. The highest BCUT2D eigenvalue weighted by molar-refractivity contribution is 6.32. The summed E-state index contributed by atoms with van der Waals surface area (Å²) in [7, 11) is 1.68. The van der Waals surface area contributed by atoms with Crippen molar-refractivity contribution in [1.82, 2.24) is 9.97 Å². The van der Waals surface area contributed by atoms with Crippen molar-refractivity contribution in [2.24, 2.45) is 0 Å². The third kappa shape index (κ3) is 2.31. The van der Waals surface area contributed by atoms with Crippen LogP contribution in [0.5, 0.6) is 5.75 Å². The minimum Gasteiger partial charge on any atom is -0.497 e. The summed E-state index contributed by atoms with van der Waals surface area (Å²) >= 11 is 6.50. The van der Waals surface area contributed by atoms with Gasteiger partial charge in [-0.2, -0.15) is 0 Å². The molecule has 27 heavy (non-hydrogen) atoms. The maximum absolute atomic E-state index is 6.50. The van der Waals surface area contributed by atoms with E-state index in [0.717, 1.165) is 35.8 Å². The number of hydrogen-bond donors (Lipinski definition) is 1. The van der Waals surface area contributed by atoms with Gasteiger partial charge in [0.05, 0.1) is 18.3 Å². The van der Waals surface area contributed by atoms with Gasteiger partial charge in [0, 0.05) is 12.1 Å². The average molecular weight is 379 g/mol. The number of aromatic nitrogens is 2. The van der Waals surface area contributed by atoms with Crippen LogP contribution in [0.1, 0.15) is 23.6 Å². The van der Waals surface area contributed by atoms with E-state index < -0.39 is 5.54 Å². The molecule has 0 saturated carbocycles. The number of fused-ring (bicyclic) bond motifs is 2. The minimum atomic E-state index is -0.486. The molecule has 3 heterocycles. The molecule has 0 spiro atoms. The Hall–Kier alpha value is -2.79. The number of rotatable bonds is 2. The quantitative estimate of drug-likeness (QED) is 0.664. The standard InChI is InChI=1S/C21H19ClN4O/c1-21(14-6-8-15(27-2)9-7-14)16-5-3-4-13-10-11-26(18(13)16)20-17(25-21)19(22)23-12-24-20/h3-9,12,25H,10-11H2,1-2H3. The van der Waals surface area contributed by atoms with Crippen molar-refractivity contribution >= 4 is 28.8 Å². The van der Waals surface area contributed by atoms with E-state index >= 15 is 0 Å². The van der Waals surface area contributed by atoms with E-state index in [-0.39, 0.29) is 0 Å². The Balaban J connectivity index is 1.80. The summed E-state index contributed by atoms with van der Waals surface area (Å²) < 4.78 is 5.34. The molecule has 1 unspecified atom stereocenters. The summed E-state index contributed by atoms with van der Waals surface area (Å²) in [5, 5.41) is 4.10. The van der Waals surface area contributed by atoms with E-state index in [2.05, 4.69) is 57.4 Å². The molecule has 3 aromatic rings. The molecule has 0 fully saturated rings. The van der Waals surface area contributed by atoms with Crippen LogP contribution in [0.2, 0.25) is 5.15 Å². The number of ether oxygens (including phenoxy) is 1. The van der Waals surface area contributed by atoms with Crippen LogP contribution >= 0.6 is 11.6 Å². The summed E-state index contributed by atoms with van der Waals surface area (Å²) in [5.74, 6) is 1.66. The fourth-order valence-electron chi connectivity index (χ4n) is 4.21. The normalized spacial score (nSPS) is 19.7. The largest absolute Gasteiger partial charge is 0.497 e. The molecule has 1 aromatic heterocycles. The maximum atomic E-state index is 6.50. The molecule has 2 aliphatic heterocycles. The van der Waals surface area contributed by atoms with Crippen LogP contribution in [0.25, 0.3) is 0 Å². The van der Waals surface area contributed by atoms with E-state index in [9.17, 15) is 0 Å². The first kappa shape index (κ1) is 16.4. The van der Waals surface area contributed by atoms with Crippen molar-refractivity contribution in [3.63, 3.8) is 0 Å². The van der Waals surface area contributed by atoms with Crippen LogP contribution in [-0.2, 0) is 12.0 Å². The van der Waals surface area contributed by atoms with Gasteiger partial charge < -0.3 is 15.0 Å². The van der Waals surface area contributed by atoms with Gasteiger partial charge in [-0.25, -0.2) is 9.97 Å². The second kappa shape index (κ2) is 5.86. The van der Waals surface area contributed by atoms with Gasteiger partial charge in [-0.05, 0) is 36.6 Å². The summed E-state index contributed by atoms with van der Waals surface area (Å²) in [6, 6.07) is 14.7. The zero-order valence-corrected chi connectivity index (χ0v) is 15.9.